The molecular weight excluding hydrogens is 387 g/mol. The quantitative estimate of drug-likeness (QED) is 0.732. The van der Waals surface area contributed by atoms with Crippen molar-refractivity contribution in [3.8, 4) is 0 Å². The number of nitrogens with one attached hydrogen (secondary N) is 3. The zero-order valence-electron chi connectivity index (χ0n) is 13.8. The van der Waals surface area contributed by atoms with Crippen molar-refractivity contribution in [2.24, 2.45) is 0 Å². The van der Waals surface area contributed by atoms with E-state index in [4.69, 9.17) is 0 Å². The van der Waals surface area contributed by atoms with E-state index in [2.05, 4.69) is 10.6 Å². The van der Waals surface area contributed by atoms with E-state index >= 15 is 0 Å². The average Bonchev–Trinajstić information content (AvgIpc) is 2.53. The van der Waals surface area contributed by atoms with Gasteiger partial charge in [-0.2, -0.15) is 13.2 Å². The normalized spacial score (nSPS) is 11.6. The average molecular weight is 401 g/mol. The molecule has 0 bridgehead atoms. The van der Waals surface area contributed by atoms with Crippen LogP contribution >= 0.6 is 0 Å². The molecule has 11 heteroatoms. The predicted octanol–water partition coefficient (Wildman–Crippen LogP) is 3.17. The van der Waals surface area contributed by atoms with Gasteiger partial charge in [0.15, 0.2) is 0 Å². The Balaban J connectivity index is 2.08. The van der Waals surface area contributed by atoms with Crippen LogP contribution in [0.2, 0.25) is 0 Å². The summed E-state index contributed by atoms with van der Waals surface area (Å²) in [4.78, 5) is 22.6. The van der Waals surface area contributed by atoms with E-state index in [0.29, 0.717) is 0 Å². The summed E-state index contributed by atoms with van der Waals surface area (Å²) in [7, 11) is -4.07. The number of alkyl halides is 3. The third-order valence-electron chi connectivity index (χ3n) is 3.15. The zero-order chi connectivity index (χ0) is 20.2. The van der Waals surface area contributed by atoms with Crippen LogP contribution in [0.5, 0.6) is 0 Å². The van der Waals surface area contributed by atoms with Crippen molar-refractivity contribution < 1.29 is 31.2 Å². The van der Waals surface area contributed by atoms with Crippen LogP contribution in [0.1, 0.15) is 12.5 Å². The molecule has 0 unspecified atom stereocenters. The second kappa shape index (κ2) is 7.66. The molecule has 3 N–H and O–H groups in total. The monoisotopic (exact) mass is 401 g/mol. The highest BCUT2D eigenvalue weighted by Crippen LogP contribution is 2.29. The Morgan fingerprint density at radius 3 is 2.07 bits per heavy atom. The molecule has 0 spiro atoms. The number of rotatable bonds is 4. The summed E-state index contributed by atoms with van der Waals surface area (Å²) in [6.07, 6.45) is -4.49. The molecule has 2 aromatic rings. The predicted molar refractivity (Wildman–Crippen MR) is 91.5 cm³/mol. The topological polar surface area (TPSA) is 104 Å². The molecule has 0 aliphatic rings. The molecule has 0 heterocycles. The SMILES string of the molecule is CC(=O)NS(=O)(=O)c1cccc(NC(=O)Nc2ccc(C(F)(F)F)cc2)c1. The van der Waals surface area contributed by atoms with Crippen molar-refractivity contribution in [2.75, 3.05) is 10.6 Å². The second-order valence-electron chi connectivity index (χ2n) is 5.34. The number of benzene rings is 2. The molecule has 0 aliphatic carbocycles. The molecule has 0 radical (unpaired) electrons. The fourth-order valence-electron chi connectivity index (χ4n) is 2.03. The van der Waals surface area contributed by atoms with E-state index in [-0.39, 0.29) is 16.3 Å². The van der Waals surface area contributed by atoms with Crippen LogP contribution in [0.3, 0.4) is 0 Å². The highest BCUT2D eigenvalue weighted by molar-refractivity contribution is 7.90. The van der Waals surface area contributed by atoms with Crippen LogP contribution in [-0.4, -0.2) is 20.4 Å². The van der Waals surface area contributed by atoms with Crippen molar-refractivity contribution in [2.45, 2.75) is 18.0 Å². The molecule has 144 valence electrons. The Bertz CT molecular complexity index is 958. The molecule has 0 saturated carbocycles. The summed E-state index contributed by atoms with van der Waals surface area (Å²) in [5, 5.41) is 4.67. The summed E-state index contributed by atoms with van der Waals surface area (Å²) < 4.78 is 63.2. The molecule has 0 fully saturated rings. The number of anilines is 2. The maximum Gasteiger partial charge on any atom is 0.416 e. The first-order valence-electron chi connectivity index (χ1n) is 7.36. The maximum absolute atomic E-state index is 12.5. The van der Waals surface area contributed by atoms with Gasteiger partial charge in [-0.25, -0.2) is 17.9 Å². The minimum Gasteiger partial charge on any atom is -0.308 e. The first kappa shape index (κ1) is 20.2. The van der Waals surface area contributed by atoms with Crippen LogP contribution in [-0.2, 0) is 21.0 Å². The summed E-state index contributed by atoms with van der Waals surface area (Å²) >= 11 is 0. The molecule has 0 aromatic heterocycles. The van der Waals surface area contributed by atoms with E-state index in [1.807, 2.05) is 0 Å². The molecule has 3 amide bonds. The lowest BCUT2D eigenvalue weighted by Gasteiger charge is -2.11. The largest absolute Gasteiger partial charge is 0.416 e. The third kappa shape index (κ3) is 5.71. The van der Waals surface area contributed by atoms with Crippen molar-refractivity contribution >= 4 is 33.3 Å². The second-order valence-corrected chi connectivity index (χ2v) is 7.03. The molecule has 2 aromatic carbocycles. The standard InChI is InChI=1S/C16H14F3N3O4S/c1-10(23)22-27(25,26)14-4-2-3-13(9-14)21-15(24)20-12-7-5-11(6-8-12)16(17,18)19/h2-9H,1H3,(H,22,23)(H2,20,21,24). The van der Waals surface area contributed by atoms with Crippen LogP contribution < -0.4 is 15.4 Å². The van der Waals surface area contributed by atoms with E-state index in [1.54, 1.807) is 4.72 Å². The summed E-state index contributed by atoms with van der Waals surface area (Å²) in [5.41, 5.74) is -0.641. The molecule has 0 atom stereocenters. The Kier molecular flexibility index (Phi) is 5.74. The Labute approximate surface area is 152 Å². The number of urea groups is 1. The van der Waals surface area contributed by atoms with Crippen LogP contribution in [0, 0.1) is 0 Å². The summed E-state index contributed by atoms with van der Waals surface area (Å²) in [6.45, 7) is 1.04. The van der Waals surface area contributed by atoms with E-state index < -0.39 is 33.7 Å². The first-order valence-corrected chi connectivity index (χ1v) is 8.84. The van der Waals surface area contributed by atoms with Gasteiger partial charge in [0.25, 0.3) is 10.0 Å². The summed E-state index contributed by atoms with van der Waals surface area (Å²) in [6, 6.07) is 8.11. The van der Waals surface area contributed by atoms with Gasteiger partial charge in [-0.1, -0.05) is 6.07 Å². The van der Waals surface area contributed by atoms with Gasteiger partial charge < -0.3 is 10.6 Å². The number of hydrogen-bond acceptors (Lipinski definition) is 4. The van der Waals surface area contributed by atoms with Gasteiger partial charge >= 0.3 is 12.2 Å². The Hall–Kier alpha value is -3.08. The highest BCUT2D eigenvalue weighted by atomic mass is 32.2. The minimum atomic E-state index is -4.49. The van der Waals surface area contributed by atoms with Gasteiger partial charge in [0.2, 0.25) is 5.91 Å². The Morgan fingerprint density at radius 1 is 0.926 bits per heavy atom. The number of carbonyl (C=O) groups is 2. The molecular formula is C16H14F3N3O4S. The molecule has 2 rings (SSSR count). The number of carbonyl (C=O) groups excluding carboxylic acids is 2. The maximum atomic E-state index is 12.5. The van der Waals surface area contributed by atoms with Gasteiger partial charge in [-0.15, -0.1) is 0 Å². The van der Waals surface area contributed by atoms with E-state index in [9.17, 15) is 31.2 Å². The fourth-order valence-corrected chi connectivity index (χ4v) is 3.06. The van der Waals surface area contributed by atoms with Gasteiger partial charge in [-0.3, -0.25) is 4.79 Å². The van der Waals surface area contributed by atoms with Crippen molar-refractivity contribution in [3.63, 3.8) is 0 Å². The lowest BCUT2D eigenvalue weighted by atomic mass is 10.2. The molecule has 27 heavy (non-hydrogen) atoms. The molecule has 0 aliphatic heterocycles. The number of amides is 3. The van der Waals surface area contributed by atoms with Crippen LogP contribution in [0.25, 0.3) is 0 Å². The third-order valence-corrected chi connectivity index (χ3v) is 4.58. The van der Waals surface area contributed by atoms with Crippen LogP contribution in [0.4, 0.5) is 29.3 Å². The van der Waals surface area contributed by atoms with Crippen molar-refractivity contribution in [3.05, 3.63) is 54.1 Å². The highest BCUT2D eigenvalue weighted by Gasteiger charge is 2.30. The smallest absolute Gasteiger partial charge is 0.308 e. The van der Waals surface area contributed by atoms with Crippen LogP contribution in [0.15, 0.2) is 53.4 Å². The van der Waals surface area contributed by atoms with Crippen molar-refractivity contribution in [1.29, 1.82) is 0 Å². The van der Waals surface area contributed by atoms with E-state index in [0.717, 1.165) is 37.3 Å². The van der Waals surface area contributed by atoms with Gasteiger partial charge in [0.05, 0.1) is 10.5 Å². The van der Waals surface area contributed by atoms with Gasteiger partial charge in [-0.05, 0) is 42.5 Å². The van der Waals surface area contributed by atoms with Gasteiger partial charge in [0.1, 0.15) is 0 Å². The van der Waals surface area contributed by atoms with Crippen molar-refractivity contribution in [1.82, 2.24) is 4.72 Å². The lowest BCUT2D eigenvalue weighted by molar-refractivity contribution is -0.137. The first-order chi connectivity index (χ1) is 12.5. The number of sulfonamides is 1. The molecule has 7 nitrogen and oxygen atoms in total. The minimum absolute atomic E-state index is 0.103. The zero-order valence-corrected chi connectivity index (χ0v) is 14.6. The molecule has 0 saturated heterocycles. The Morgan fingerprint density at radius 2 is 1.52 bits per heavy atom. The lowest BCUT2D eigenvalue weighted by Crippen LogP contribution is -2.28. The number of hydrogen-bond donors (Lipinski definition) is 3. The fraction of sp³-hybridized carbons (Fsp3) is 0.125. The number of halogens is 3. The van der Waals surface area contributed by atoms with Gasteiger partial charge in [0, 0.05) is 18.3 Å². The van der Waals surface area contributed by atoms with E-state index in [1.165, 1.54) is 18.2 Å². The summed E-state index contributed by atoms with van der Waals surface area (Å²) in [5.74, 6) is -0.770.